The van der Waals surface area contributed by atoms with E-state index in [1.807, 2.05) is 0 Å². The highest BCUT2D eigenvalue weighted by atomic mass is 19.1. The summed E-state index contributed by atoms with van der Waals surface area (Å²) < 4.78 is 18.7. The second-order valence-corrected chi connectivity index (χ2v) is 4.37. The van der Waals surface area contributed by atoms with Gasteiger partial charge in [-0.05, 0) is 30.3 Å². The van der Waals surface area contributed by atoms with Crippen molar-refractivity contribution in [2.75, 3.05) is 5.73 Å². The Labute approximate surface area is 112 Å². The van der Waals surface area contributed by atoms with Gasteiger partial charge in [-0.25, -0.2) is 4.39 Å². The smallest absolute Gasteiger partial charge is 0.235 e. The lowest BCUT2D eigenvalue weighted by atomic mass is 10.1. The van der Waals surface area contributed by atoms with Crippen LogP contribution in [-0.4, -0.2) is 5.11 Å². The third-order valence-corrected chi connectivity index (χ3v) is 2.98. The Hall–Kier alpha value is -2.82. The zero-order valence-corrected chi connectivity index (χ0v) is 10.3. The van der Waals surface area contributed by atoms with Crippen LogP contribution in [0.15, 0.2) is 51.7 Å². The molecule has 0 spiro atoms. The van der Waals surface area contributed by atoms with Crippen LogP contribution in [0.5, 0.6) is 5.75 Å². The van der Waals surface area contributed by atoms with Crippen molar-refractivity contribution >= 4 is 16.7 Å². The first-order valence-electron chi connectivity index (χ1n) is 5.87. The van der Waals surface area contributed by atoms with E-state index in [-0.39, 0.29) is 16.7 Å². The summed E-state index contributed by atoms with van der Waals surface area (Å²) in [6.07, 6.45) is 0. The van der Waals surface area contributed by atoms with Gasteiger partial charge in [0.2, 0.25) is 11.2 Å². The van der Waals surface area contributed by atoms with Gasteiger partial charge in [-0.3, -0.25) is 4.79 Å². The lowest BCUT2D eigenvalue weighted by Crippen LogP contribution is -2.03. The molecule has 0 saturated heterocycles. The molecule has 5 heteroatoms. The van der Waals surface area contributed by atoms with Crippen molar-refractivity contribution in [3.63, 3.8) is 0 Å². The third-order valence-electron chi connectivity index (χ3n) is 2.98. The van der Waals surface area contributed by atoms with Gasteiger partial charge in [0, 0.05) is 11.3 Å². The summed E-state index contributed by atoms with van der Waals surface area (Å²) in [6, 6.07) is 10.0. The molecule has 0 aliphatic carbocycles. The minimum atomic E-state index is -0.599. The van der Waals surface area contributed by atoms with Crippen molar-refractivity contribution in [1.29, 1.82) is 0 Å². The first-order valence-corrected chi connectivity index (χ1v) is 5.87. The zero-order valence-electron chi connectivity index (χ0n) is 10.3. The molecule has 0 radical (unpaired) electrons. The van der Waals surface area contributed by atoms with Gasteiger partial charge in [-0.1, -0.05) is 12.1 Å². The highest BCUT2D eigenvalue weighted by Crippen LogP contribution is 2.30. The SMILES string of the molecule is Nc1ccc2oc(-c3cccc(F)c3)c(O)c(=O)c2c1. The highest BCUT2D eigenvalue weighted by Gasteiger charge is 2.15. The molecule has 100 valence electrons. The zero-order chi connectivity index (χ0) is 14.3. The number of fused-ring (bicyclic) bond motifs is 1. The molecule has 0 aliphatic rings. The minimum Gasteiger partial charge on any atom is -0.502 e. The molecule has 0 bridgehead atoms. The van der Waals surface area contributed by atoms with Crippen molar-refractivity contribution in [1.82, 2.24) is 0 Å². The summed E-state index contributed by atoms with van der Waals surface area (Å²) >= 11 is 0. The minimum absolute atomic E-state index is 0.0632. The molecule has 2 aromatic carbocycles. The summed E-state index contributed by atoms with van der Waals surface area (Å²) in [7, 11) is 0. The number of benzene rings is 2. The lowest BCUT2D eigenvalue weighted by Gasteiger charge is -2.06. The average Bonchev–Trinajstić information content (AvgIpc) is 2.43. The van der Waals surface area contributed by atoms with Gasteiger partial charge >= 0.3 is 0 Å². The number of halogens is 1. The molecule has 1 aromatic heterocycles. The van der Waals surface area contributed by atoms with E-state index in [2.05, 4.69) is 0 Å². The third kappa shape index (κ3) is 1.89. The lowest BCUT2D eigenvalue weighted by molar-refractivity contribution is 0.449. The Morgan fingerprint density at radius 2 is 1.95 bits per heavy atom. The molecule has 4 nitrogen and oxygen atoms in total. The Morgan fingerprint density at radius 3 is 2.70 bits per heavy atom. The fraction of sp³-hybridized carbons (Fsp3) is 0. The quantitative estimate of drug-likeness (QED) is 0.667. The van der Waals surface area contributed by atoms with Crippen LogP contribution >= 0.6 is 0 Å². The van der Waals surface area contributed by atoms with E-state index in [0.29, 0.717) is 11.3 Å². The maximum Gasteiger partial charge on any atom is 0.235 e. The molecule has 3 rings (SSSR count). The second-order valence-electron chi connectivity index (χ2n) is 4.37. The summed E-state index contributed by atoms with van der Waals surface area (Å²) in [4.78, 5) is 12.1. The van der Waals surface area contributed by atoms with Crippen LogP contribution in [0, 0.1) is 5.82 Å². The van der Waals surface area contributed by atoms with E-state index in [4.69, 9.17) is 10.2 Å². The van der Waals surface area contributed by atoms with Crippen LogP contribution in [0.4, 0.5) is 10.1 Å². The molecule has 20 heavy (non-hydrogen) atoms. The van der Waals surface area contributed by atoms with Gasteiger partial charge in [0.05, 0.1) is 5.39 Å². The number of hydrogen-bond acceptors (Lipinski definition) is 4. The monoisotopic (exact) mass is 271 g/mol. The standard InChI is InChI=1S/C15H10FNO3/c16-9-3-1-2-8(6-9)15-14(19)13(18)11-7-10(17)4-5-12(11)20-15/h1-7,19H,17H2. The Balaban J connectivity index is 2.35. The number of aromatic hydroxyl groups is 1. The van der Waals surface area contributed by atoms with Gasteiger partial charge in [-0.15, -0.1) is 0 Å². The van der Waals surface area contributed by atoms with Gasteiger partial charge in [0.25, 0.3) is 0 Å². The largest absolute Gasteiger partial charge is 0.502 e. The summed E-state index contributed by atoms with van der Waals surface area (Å²) in [5.74, 6) is -1.11. The summed E-state index contributed by atoms with van der Waals surface area (Å²) in [5, 5.41) is 10.1. The van der Waals surface area contributed by atoms with Crippen molar-refractivity contribution in [3.05, 3.63) is 58.5 Å². The van der Waals surface area contributed by atoms with E-state index < -0.39 is 17.0 Å². The predicted molar refractivity (Wildman–Crippen MR) is 74.0 cm³/mol. The maximum atomic E-state index is 13.2. The van der Waals surface area contributed by atoms with E-state index in [1.165, 1.54) is 30.3 Å². The molecular formula is C15H10FNO3. The van der Waals surface area contributed by atoms with Crippen LogP contribution in [0.25, 0.3) is 22.3 Å². The molecule has 0 unspecified atom stereocenters. The van der Waals surface area contributed by atoms with Gasteiger partial charge in [-0.2, -0.15) is 0 Å². The number of anilines is 1. The molecular weight excluding hydrogens is 261 g/mol. The summed E-state index contributed by atoms with van der Waals surface area (Å²) in [6.45, 7) is 0. The van der Waals surface area contributed by atoms with Crippen molar-refractivity contribution < 1.29 is 13.9 Å². The second kappa shape index (κ2) is 4.38. The predicted octanol–water partition coefficient (Wildman–Crippen LogP) is 2.89. The van der Waals surface area contributed by atoms with Crippen LogP contribution in [0.1, 0.15) is 0 Å². The van der Waals surface area contributed by atoms with Crippen LogP contribution in [0.2, 0.25) is 0 Å². The Bertz CT molecular complexity index is 871. The number of nitrogen functional groups attached to an aromatic ring is 1. The fourth-order valence-corrected chi connectivity index (χ4v) is 2.03. The van der Waals surface area contributed by atoms with Gasteiger partial charge in [0.1, 0.15) is 11.4 Å². The molecule has 0 fully saturated rings. The van der Waals surface area contributed by atoms with E-state index >= 15 is 0 Å². The normalized spacial score (nSPS) is 10.8. The average molecular weight is 271 g/mol. The molecule has 1 heterocycles. The molecule has 3 aromatic rings. The molecule has 0 atom stereocenters. The van der Waals surface area contributed by atoms with Gasteiger partial charge in [0.15, 0.2) is 5.76 Å². The van der Waals surface area contributed by atoms with E-state index in [9.17, 15) is 14.3 Å². The van der Waals surface area contributed by atoms with Crippen molar-refractivity contribution in [2.24, 2.45) is 0 Å². The first kappa shape index (κ1) is 12.2. The molecule has 0 amide bonds. The van der Waals surface area contributed by atoms with E-state index in [0.717, 1.165) is 0 Å². The Kier molecular flexibility index (Phi) is 2.68. The van der Waals surface area contributed by atoms with Crippen LogP contribution < -0.4 is 11.2 Å². The maximum absolute atomic E-state index is 13.2. The summed E-state index contributed by atoms with van der Waals surface area (Å²) in [5.41, 5.74) is 5.96. The van der Waals surface area contributed by atoms with Crippen molar-refractivity contribution in [2.45, 2.75) is 0 Å². The Morgan fingerprint density at radius 1 is 1.15 bits per heavy atom. The molecule has 0 saturated carbocycles. The molecule has 3 N–H and O–H groups in total. The number of hydrogen-bond donors (Lipinski definition) is 2. The number of nitrogens with two attached hydrogens (primary N) is 1. The first-order chi connectivity index (χ1) is 9.56. The highest BCUT2D eigenvalue weighted by molar-refractivity contribution is 5.84. The van der Waals surface area contributed by atoms with Crippen LogP contribution in [0.3, 0.4) is 0 Å². The van der Waals surface area contributed by atoms with Crippen molar-refractivity contribution in [3.8, 4) is 17.1 Å². The fourth-order valence-electron chi connectivity index (χ4n) is 2.03. The molecule has 0 aliphatic heterocycles. The van der Waals surface area contributed by atoms with Crippen LogP contribution in [-0.2, 0) is 0 Å². The number of rotatable bonds is 1. The van der Waals surface area contributed by atoms with E-state index in [1.54, 1.807) is 12.1 Å². The van der Waals surface area contributed by atoms with Gasteiger partial charge < -0.3 is 15.3 Å². The topological polar surface area (TPSA) is 76.5 Å².